The van der Waals surface area contributed by atoms with Crippen molar-refractivity contribution in [3.8, 4) is 11.5 Å². The highest BCUT2D eigenvalue weighted by atomic mass is 16.4. The van der Waals surface area contributed by atoms with Gasteiger partial charge in [0.05, 0.1) is 0 Å². The summed E-state index contributed by atoms with van der Waals surface area (Å²) in [5.41, 5.74) is 2.31. The summed E-state index contributed by atoms with van der Waals surface area (Å²) in [5, 5.41) is 33.1. The highest BCUT2D eigenvalue weighted by molar-refractivity contribution is 5.84. The number of aliphatic carboxylic acids is 1. The van der Waals surface area contributed by atoms with E-state index in [4.69, 9.17) is 0 Å². The number of para-hydroxylation sites is 1. The second kappa shape index (κ2) is 6.86. The number of aromatic amines is 1. The van der Waals surface area contributed by atoms with Gasteiger partial charge in [0.15, 0.2) is 0 Å². The summed E-state index contributed by atoms with van der Waals surface area (Å²) in [5.74, 6) is -0.948. The Labute approximate surface area is 144 Å². The Balaban J connectivity index is 1.82. The Morgan fingerprint density at radius 3 is 2.72 bits per heavy atom. The molecule has 0 aliphatic rings. The zero-order valence-corrected chi connectivity index (χ0v) is 13.7. The Morgan fingerprint density at radius 1 is 1.20 bits per heavy atom. The molecule has 1 heterocycles. The van der Waals surface area contributed by atoms with Gasteiger partial charge in [-0.05, 0) is 36.8 Å². The fraction of sp³-hybridized carbons (Fsp3) is 0.211. The van der Waals surface area contributed by atoms with Gasteiger partial charge < -0.3 is 20.3 Å². The maximum Gasteiger partial charge on any atom is 0.321 e. The number of rotatable bonds is 6. The number of carboxylic acids is 1. The number of hydrogen-bond acceptors (Lipinski definition) is 4. The molecular weight excluding hydrogens is 320 g/mol. The molecule has 3 rings (SSSR count). The zero-order chi connectivity index (χ0) is 18.0. The van der Waals surface area contributed by atoms with Gasteiger partial charge in [-0.3, -0.25) is 10.1 Å². The molecule has 0 saturated heterocycles. The molecule has 5 N–H and O–H groups in total. The van der Waals surface area contributed by atoms with Gasteiger partial charge in [0.25, 0.3) is 0 Å². The Morgan fingerprint density at radius 2 is 1.96 bits per heavy atom. The summed E-state index contributed by atoms with van der Waals surface area (Å²) in [7, 11) is 0. The van der Waals surface area contributed by atoms with Crippen molar-refractivity contribution in [2.45, 2.75) is 25.4 Å². The van der Waals surface area contributed by atoms with Crippen LogP contribution >= 0.6 is 0 Å². The van der Waals surface area contributed by atoms with E-state index in [1.54, 1.807) is 6.92 Å². The molecule has 25 heavy (non-hydrogen) atoms. The number of H-pyrrole nitrogens is 1. The molecule has 130 valence electrons. The van der Waals surface area contributed by atoms with Gasteiger partial charge in [0.2, 0.25) is 0 Å². The number of fused-ring (bicyclic) bond motifs is 1. The summed E-state index contributed by atoms with van der Waals surface area (Å²) in [6.45, 7) is 1.75. The van der Waals surface area contributed by atoms with Crippen molar-refractivity contribution >= 4 is 16.9 Å². The molecule has 0 spiro atoms. The van der Waals surface area contributed by atoms with E-state index in [0.29, 0.717) is 12.0 Å². The third-order valence-corrected chi connectivity index (χ3v) is 4.33. The molecular formula is C19H20N2O4. The Kier molecular flexibility index (Phi) is 4.63. The normalized spacial score (nSPS) is 13.6. The molecule has 2 aromatic carbocycles. The van der Waals surface area contributed by atoms with Crippen molar-refractivity contribution < 1.29 is 20.1 Å². The molecule has 0 saturated carbocycles. The average molecular weight is 340 g/mol. The van der Waals surface area contributed by atoms with Crippen LogP contribution in [0, 0.1) is 0 Å². The number of carboxylic acid groups (broad SMARTS) is 1. The van der Waals surface area contributed by atoms with E-state index in [2.05, 4.69) is 10.3 Å². The van der Waals surface area contributed by atoms with Crippen molar-refractivity contribution in [3.05, 3.63) is 59.8 Å². The van der Waals surface area contributed by atoms with Crippen LogP contribution in [0.25, 0.3) is 10.9 Å². The fourth-order valence-corrected chi connectivity index (χ4v) is 3.02. The first-order valence-corrected chi connectivity index (χ1v) is 8.01. The maximum absolute atomic E-state index is 11.7. The van der Waals surface area contributed by atoms with Crippen molar-refractivity contribution in [3.63, 3.8) is 0 Å². The fourth-order valence-electron chi connectivity index (χ4n) is 3.02. The Hall–Kier alpha value is -2.99. The molecule has 0 radical (unpaired) electrons. The van der Waals surface area contributed by atoms with Gasteiger partial charge in [-0.15, -0.1) is 0 Å². The monoisotopic (exact) mass is 340 g/mol. The minimum atomic E-state index is -0.975. The van der Waals surface area contributed by atoms with Crippen molar-refractivity contribution in [2.75, 3.05) is 0 Å². The number of aromatic nitrogens is 1. The molecule has 1 aromatic heterocycles. The molecule has 2 atom stereocenters. The van der Waals surface area contributed by atoms with E-state index in [-0.39, 0.29) is 11.5 Å². The van der Waals surface area contributed by atoms with Gasteiger partial charge in [-0.25, -0.2) is 0 Å². The molecule has 6 nitrogen and oxygen atoms in total. The van der Waals surface area contributed by atoms with Gasteiger partial charge in [-0.2, -0.15) is 0 Å². The minimum absolute atomic E-state index is 0.00836. The second-order valence-electron chi connectivity index (χ2n) is 6.09. The van der Waals surface area contributed by atoms with E-state index in [1.165, 1.54) is 18.2 Å². The topological polar surface area (TPSA) is 106 Å². The number of carbonyl (C=O) groups is 1. The van der Waals surface area contributed by atoms with Crippen LogP contribution in [0.15, 0.2) is 48.7 Å². The summed E-state index contributed by atoms with van der Waals surface area (Å²) >= 11 is 0. The summed E-state index contributed by atoms with van der Waals surface area (Å²) in [4.78, 5) is 14.8. The van der Waals surface area contributed by atoms with E-state index in [9.17, 15) is 20.1 Å². The van der Waals surface area contributed by atoms with Crippen molar-refractivity contribution in [1.82, 2.24) is 10.3 Å². The number of phenolic OH excluding ortho intramolecular Hbond substituents is 2. The van der Waals surface area contributed by atoms with Crippen molar-refractivity contribution in [2.24, 2.45) is 0 Å². The molecule has 0 fully saturated rings. The van der Waals surface area contributed by atoms with E-state index < -0.39 is 18.1 Å². The third kappa shape index (κ3) is 3.59. The van der Waals surface area contributed by atoms with Gasteiger partial charge in [0, 0.05) is 35.1 Å². The molecule has 2 unspecified atom stereocenters. The number of benzene rings is 2. The quantitative estimate of drug-likeness (QED) is 0.444. The predicted molar refractivity (Wildman–Crippen MR) is 94.7 cm³/mol. The SMILES string of the molecule is CC(NC(Cc1c[nH]c2ccccc12)C(=O)O)c1cc(O)ccc1O. The lowest BCUT2D eigenvalue weighted by molar-refractivity contribution is -0.139. The number of hydrogen-bond donors (Lipinski definition) is 5. The first-order valence-electron chi connectivity index (χ1n) is 8.01. The van der Waals surface area contributed by atoms with E-state index in [0.717, 1.165) is 16.5 Å². The van der Waals surface area contributed by atoms with Crippen LogP contribution in [-0.4, -0.2) is 32.3 Å². The second-order valence-corrected chi connectivity index (χ2v) is 6.09. The van der Waals surface area contributed by atoms with E-state index >= 15 is 0 Å². The standard InChI is InChI=1S/C19H20N2O4/c1-11(15-9-13(22)6-7-18(15)23)21-17(19(24)25)8-12-10-20-16-5-3-2-4-14(12)16/h2-7,9-11,17,20-23H,8H2,1H3,(H,24,25). The summed E-state index contributed by atoms with van der Waals surface area (Å²) in [6, 6.07) is 10.6. The Bertz CT molecular complexity index is 903. The lowest BCUT2D eigenvalue weighted by atomic mass is 10.0. The first-order chi connectivity index (χ1) is 12.0. The molecule has 0 bridgehead atoms. The minimum Gasteiger partial charge on any atom is -0.508 e. The lowest BCUT2D eigenvalue weighted by Gasteiger charge is -2.21. The van der Waals surface area contributed by atoms with Crippen LogP contribution in [0.3, 0.4) is 0 Å². The number of nitrogens with one attached hydrogen (secondary N) is 2. The highest BCUT2D eigenvalue weighted by Crippen LogP contribution is 2.28. The molecule has 0 amide bonds. The van der Waals surface area contributed by atoms with Crippen LogP contribution < -0.4 is 5.32 Å². The number of aromatic hydroxyl groups is 2. The van der Waals surface area contributed by atoms with Crippen LogP contribution in [0.1, 0.15) is 24.1 Å². The van der Waals surface area contributed by atoms with Gasteiger partial charge in [0.1, 0.15) is 17.5 Å². The smallest absolute Gasteiger partial charge is 0.321 e. The van der Waals surface area contributed by atoms with Crippen molar-refractivity contribution in [1.29, 1.82) is 0 Å². The largest absolute Gasteiger partial charge is 0.508 e. The van der Waals surface area contributed by atoms with Crippen LogP contribution in [0.5, 0.6) is 11.5 Å². The highest BCUT2D eigenvalue weighted by Gasteiger charge is 2.23. The zero-order valence-electron chi connectivity index (χ0n) is 13.7. The summed E-state index contributed by atoms with van der Waals surface area (Å²) < 4.78 is 0. The average Bonchev–Trinajstić information content (AvgIpc) is 2.99. The van der Waals surface area contributed by atoms with E-state index in [1.807, 2.05) is 30.5 Å². The summed E-state index contributed by atoms with van der Waals surface area (Å²) in [6.07, 6.45) is 2.11. The maximum atomic E-state index is 11.7. The molecule has 6 heteroatoms. The van der Waals surface area contributed by atoms with Crippen LogP contribution in [-0.2, 0) is 11.2 Å². The molecule has 0 aliphatic carbocycles. The van der Waals surface area contributed by atoms with Crippen LogP contribution in [0.4, 0.5) is 0 Å². The predicted octanol–water partition coefficient (Wildman–Crippen LogP) is 2.93. The van der Waals surface area contributed by atoms with Gasteiger partial charge in [-0.1, -0.05) is 18.2 Å². The number of phenols is 2. The lowest BCUT2D eigenvalue weighted by Crippen LogP contribution is -2.40. The third-order valence-electron chi connectivity index (χ3n) is 4.33. The molecule has 0 aliphatic heterocycles. The first kappa shape index (κ1) is 16.9. The molecule has 3 aromatic rings. The van der Waals surface area contributed by atoms with Crippen LogP contribution in [0.2, 0.25) is 0 Å². The van der Waals surface area contributed by atoms with Gasteiger partial charge >= 0.3 is 5.97 Å².